The van der Waals surface area contributed by atoms with Crippen molar-refractivity contribution in [2.24, 2.45) is 0 Å². The average molecular weight is 417 g/mol. The number of benzene rings is 2. The highest BCUT2D eigenvalue weighted by atomic mass is 32.2. The number of hydrogen-bond acceptors (Lipinski definition) is 4. The third-order valence-corrected chi connectivity index (χ3v) is 6.91. The van der Waals surface area contributed by atoms with Crippen molar-refractivity contribution in [1.82, 2.24) is 9.62 Å². The standard InChI is InChI=1S/C22H28N2O4S/c1-18-9-7-10-19(17-18)28-16-8-14-23-22(25)21-13-5-6-15-24(21)29(26,27)20-11-3-2-4-12-20/h2-4,7,9-12,17,21H,5-6,8,13-16H2,1H3,(H,23,25). The van der Waals surface area contributed by atoms with Gasteiger partial charge in [-0.2, -0.15) is 4.31 Å². The van der Waals surface area contributed by atoms with Crippen LogP contribution in [0.5, 0.6) is 5.75 Å². The van der Waals surface area contributed by atoms with Gasteiger partial charge in [0.25, 0.3) is 0 Å². The van der Waals surface area contributed by atoms with Gasteiger partial charge in [-0.25, -0.2) is 8.42 Å². The fourth-order valence-electron chi connectivity index (χ4n) is 3.48. The monoisotopic (exact) mass is 416 g/mol. The predicted molar refractivity (Wildman–Crippen MR) is 112 cm³/mol. The van der Waals surface area contributed by atoms with Crippen LogP contribution in [0.15, 0.2) is 59.5 Å². The van der Waals surface area contributed by atoms with E-state index in [-0.39, 0.29) is 10.8 Å². The topological polar surface area (TPSA) is 75.7 Å². The Hall–Kier alpha value is -2.38. The Balaban J connectivity index is 1.53. The van der Waals surface area contributed by atoms with Crippen molar-refractivity contribution in [3.8, 4) is 5.75 Å². The molecular formula is C22H28N2O4S. The highest BCUT2D eigenvalue weighted by Gasteiger charge is 2.37. The number of ether oxygens (including phenoxy) is 1. The number of aryl methyl sites for hydroxylation is 1. The fourth-order valence-corrected chi connectivity index (χ4v) is 5.16. The van der Waals surface area contributed by atoms with Gasteiger partial charge in [0, 0.05) is 13.1 Å². The van der Waals surface area contributed by atoms with Gasteiger partial charge in [0.2, 0.25) is 15.9 Å². The lowest BCUT2D eigenvalue weighted by atomic mass is 10.0. The minimum atomic E-state index is -3.68. The molecule has 1 saturated heterocycles. The quantitative estimate of drug-likeness (QED) is 0.671. The van der Waals surface area contributed by atoms with Crippen LogP contribution in [-0.4, -0.2) is 44.4 Å². The first-order valence-corrected chi connectivity index (χ1v) is 11.5. The first-order valence-electron chi connectivity index (χ1n) is 10.0. The van der Waals surface area contributed by atoms with E-state index in [1.54, 1.807) is 30.3 Å². The molecular weight excluding hydrogens is 388 g/mol. The summed E-state index contributed by atoms with van der Waals surface area (Å²) < 4.78 is 33.0. The maximum Gasteiger partial charge on any atom is 0.243 e. The fraction of sp³-hybridized carbons (Fsp3) is 0.409. The van der Waals surface area contributed by atoms with Gasteiger partial charge in [-0.15, -0.1) is 0 Å². The summed E-state index contributed by atoms with van der Waals surface area (Å²) in [7, 11) is -3.68. The Labute approximate surface area is 172 Å². The Morgan fingerprint density at radius 3 is 2.69 bits per heavy atom. The van der Waals surface area contributed by atoms with Gasteiger partial charge >= 0.3 is 0 Å². The molecule has 2 aromatic carbocycles. The van der Waals surface area contributed by atoms with Crippen LogP contribution in [0.3, 0.4) is 0 Å². The maximum absolute atomic E-state index is 13.0. The zero-order valence-electron chi connectivity index (χ0n) is 16.7. The summed E-state index contributed by atoms with van der Waals surface area (Å²) in [5, 5.41) is 2.88. The van der Waals surface area contributed by atoms with Gasteiger partial charge in [-0.05, 0) is 56.0 Å². The minimum absolute atomic E-state index is 0.228. The van der Waals surface area contributed by atoms with E-state index in [1.165, 1.54) is 4.31 Å². The number of piperidine rings is 1. The van der Waals surface area contributed by atoms with E-state index in [2.05, 4.69) is 5.32 Å². The molecule has 1 aliphatic heterocycles. The SMILES string of the molecule is Cc1cccc(OCCCNC(=O)C2CCCCN2S(=O)(=O)c2ccccc2)c1. The minimum Gasteiger partial charge on any atom is -0.494 e. The van der Waals surface area contributed by atoms with Crippen LogP contribution in [0.1, 0.15) is 31.2 Å². The zero-order chi connectivity index (χ0) is 20.7. The molecule has 1 unspecified atom stereocenters. The number of carbonyl (C=O) groups excluding carboxylic acids is 1. The molecule has 0 bridgehead atoms. The number of nitrogens with zero attached hydrogens (tertiary/aromatic N) is 1. The molecule has 2 aromatic rings. The van der Waals surface area contributed by atoms with E-state index in [0.717, 1.165) is 24.2 Å². The third-order valence-electron chi connectivity index (χ3n) is 4.98. The number of carbonyl (C=O) groups is 1. The van der Waals surface area contributed by atoms with Crippen molar-refractivity contribution < 1.29 is 17.9 Å². The summed E-state index contributed by atoms with van der Waals surface area (Å²) in [6, 6.07) is 15.5. The van der Waals surface area contributed by atoms with E-state index < -0.39 is 16.1 Å². The highest BCUT2D eigenvalue weighted by Crippen LogP contribution is 2.25. The van der Waals surface area contributed by atoms with E-state index in [4.69, 9.17) is 4.74 Å². The van der Waals surface area contributed by atoms with E-state index in [1.807, 2.05) is 31.2 Å². The summed E-state index contributed by atoms with van der Waals surface area (Å²) in [6.45, 7) is 3.30. The largest absolute Gasteiger partial charge is 0.494 e. The van der Waals surface area contributed by atoms with E-state index in [0.29, 0.717) is 32.5 Å². The van der Waals surface area contributed by atoms with Crippen molar-refractivity contribution in [1.29, 1.82) is 0 Å². The number of nitrogens with one attached hydrogen (secondary N) is 1. The molecule has 156 valence electrons. The summed E-state index contributed by atoms with van der Waals surface area (Å²) in [4.78, 5) is 12.9. The van der Waals surface area contributed by atoms with Crippen LogP contribution < -0.4 is 10.1 Å². The second kappa shape index (κ2) is 9.89. The number of rotatable bonds is 8. The Kier molecular flexibility index (Phi) is 7.28. The second-order valence-corrected chi connectivity index (χ2v) is 9.14. The molecule has 0 spiro atoms. The van der Waals surface area contributed by atoms with Crippen LogP contribution in [0, 0.1) is 6.92 Å². The van der Waals surface area contributed by atoms with Crippen molar-refractivity contribution in [2.45, 2.75) is 43.5 Å². The Morgan fingerprint density at radius 2 is 1.93 bits per heavy atom. The number of sulfonamides is 1. The van der Waals surface area contributed by atoms with Crippen LogP contribution in [-0.2, 0) is 14.8 Å². The molecule has 29 heavy (non-hydrogen) atoms. The van der Waals surface area contributed by atoms with Gasteiger partial charge in [0.05, 0.1) is 11.5 Å². The average Bonchev–Trinajstić information content (AvgIpc) is 2.74. The lowest BCUT2D eigenvalue weighted by Gasteiger charge is -2.33. The van der Waals surface area contributed by atoms with Gasteiger partial charge < -0.3 is 10.1 Å². The van der Waals surface area contributed by atoms with Gasteiger partial charge in [0.1, 0.15) is 11.8 Å². The van der Waals surface area contributed by atoms with Crippen molar-refractivity contribution >= 4 is 15.9 Å². The highest BCUT2D eigenvalue weighted by molar-refractivity contribution is 7.89. The van der Waals surface area contributed by atoms with Crippen LogP contribution >= 0.6 is 0 Å². The first kappa shape index (κ1) is 21.3. The summed E-state index contributed by atoms with van der Waals surface area (Å²) >= 11 is 0. The van der Waals surface area contributed by atoms with Crippen LogP contribution in [0.25, 0.3) is 0 Å². The second-order valence-electron chi connectivity index (χ2n) is 7.25. The third kappa shape index (κ3) is 5.58. The maximum atomic E-state index is 13.0. The molecule has 1 heterocycles. The Morgan fingerprint density at radius 1 is 1.14 bits per heavy atom. The normalized spacial score (nSPS) is 17.6. The molecule has 0 aromatic heterocycles. The smallest absolute Gasteiger partial charge is 0.243 e. The van der Waals surface area contributed by atoms with E-state index >= 15 is 0 Å². The van der Waals surface area contributed by atoms with Crippen LogP contribution in [0.2, 0.25) is 0 Å². The summed E-state index contributed by atoms with van der Waals surface area (Å²) in [6.07, 6.45) is 2.80. The Bertz CT molecular complexity index is 915. The lowest BCUT2D eigenvalue weighted by Crippen LogP contribution is -2.52. The first-order chi connectivity index (χ1) is 14.0. The van der Waals surface area contributed by atoms with Crippen LogP contribution in [0.4, 0.5) is 0 Å². The summed E-state index contributed by atoms with van der Waals surface area (Å²) in [5.74, 6) is 0.573. The van der Waals surface area contributed by atoms with Crippen molar-refractivity contribution in [2.75, 3.05) is 19.7 Å². The molecule has 6 nitrogen and oxygen atoms in total. The molecule has 1 aliphatic rings. The predicted octanol–water partition coefficient (Wildman–Crippen LogP) is 3.12. The number of amides is 1. The molecule has 3 rings (SSSR count). The zero-order valence-corrected chi connectivity index (χ0v) is 17.5. The van der Waals surface area contributed by atoms with Gasteiger partial charge in [0.15, 0.2) is 0 Å². The van der Waals surface area contributed by atoms with Crippen molar-refractivity contribution in [3.63, 3.8) is 0 Å². The lowest BCUT2D eigenvalue weighted by molar-refractivity contribution is -0.125. The molecule has 1 fully saturated rings. The van der Waals surface area contributed by atoms with Gasteiger partial charge in [-0.3, -0.25) is 4.79 Å². The molecule has 1 atom stereocenters. The molecule has 1 N–H and O–H groups in total. The van der Waals surface area contributed by atoms with Gasteiger partial charge in [-0.1, -0.05) is 36.8 Å². The molecule has 7 heteroatoms. The summed E-state index contributed by atoms with van der Waals surface area (Å²) in [5.41, 5.74) is 1.13. The molecule has 0 radical (unpaired) electrons. The molecule has 1 amide bonds. The van der Waals surface area contributed by atoms with Crippen molar-refractivity contribution in [3.05, 3.63) is 60.2 Å². The molecule has 0 aliphatic carbocycles. The number of hydrogen-bond donors (Lipinski definition) is 1. The molecule has 0 saturated carbocycles. The van der Waals surface area contributed by atoms with E-state index in [9.17, 15) is 13.2 Å².